The molecular formula is C7H13ClN2O. The number of nitrogens with two attached hydrogens (primary N) is 1. The lowest BCUT2D eigenvalue weighted by Gasteiger charge is -2.10. The zero-order valence-corrected chi connectivity index (χ0v) is 7.10. The number of rotatable bonds is 2. The van der Waals surface area contributed by atoms with Crippen molar-refractivity contribution in [2.24, 2.45) is 5.73 Å². The maximum absolute atomic E-state index is 10.8. The first-order valence-electron chi connectivity index (χ1n) is 3.83. The van der Waals surface area contributed by atoms with E-state index in [1.54, 1.807) is 0 Å². The number of hydrogen-bond acceptors (Lipinski definition) is 2. The molecule has 1 rings (SSSR count). The lowest BCUT2D eigenvalue weighted by Crippen LogP contribution is -2.34. The highest BCUT2D eigenvalue weighted by molar-refractivity contribution is 6.27. The fraction of sp³-hybridized carbons (Fsp3) is 0.857. The highest BCUT2D eigenvalue weighted by Crippen LogP contribution is 2.16. The predicted molar refractivity (Wildman–Crippen MR) is 44.5 cm³/mol. The summed E-state index contributed by atoms with van der Waals surface area (Å²) in [7, 11) is 0. The molecule has 1 saturated carbocycles. The number of amides is 1. The first-order chi connectivity index (χ1) is 5.22. The van der Waals surface area contributed by atoms with Gasteiger partial charge in [0.15, 0.2) is 0 Å². The van der Waals surface area contributed by atoms with Crippen LogP contribution in [0.5, 0.6) is 0 Å². The van der Waals surface area contributed by atoms with Crippen molar-refractivity contribution < 1.29 is 4.79 Å². The molecule has 64 valence electrons. The van der Waals surface area contributed by atoms with Gasteiger partial charge >= 0.3 is 0 Å². The minimum absolute atomic E-state index is 0.0474. The summed E-state index contributed by atoms with van der Waals surface area (Å²) in [6.07, 6.45) is 2.89. The van der Waals surface area contributed by atoms with Crippen LogP contribution in [-0.2, 0) is 4.79 Å². The molecule has 0 radical (unpaired) electrons. The number of carbonyl (C=O) groups excluding carboxylic acids is 1. The molecule has 1 aliphatic carbocycles. The molecule has 4 heteroatoms. The van der Waals surface area contributed by atoms with E-state index in [-0.39, 0.29) is 23.9 Å². The van der Waals surface area contributed by atoms with Gasteiger partial charge in [0.25, 0.3) is 0 Å². The van der Waals surface area contributed by atoms with E-state index in [1.165, 1.54) is 0 Å². The van der Waals surface area contributed by atoms with Gasteiger partial charge < -0.3 is 11.1 Å². The SMILES string of the molecule is N[C@@H]1CC[C@H](NC(=O)CCl)C1. The molecule has 0 spiro atoms. The number of alkyl halides is 1. The first kappa shape index (κ1) is 8.81. The third kappa shape index (κ3) is 2.67. The van der Waals surface area contributed by atoms with Crippen molar-refractivity contribution in [1.82, 2.24) is 5.32 Å². The fourth-order valence-corrected chi connectivity index (χ4v) is 1.49. The summed E-state index contributed by atoms with van der Waals surface area (Å²) in [6, 6.07) is 0.520. The number of halogens is 1. The fourth-order valence-electron chi connectivity index (χ4n) is 1.41. The van der Waals surface area contributed by atoms with Gasteiger partial charge in [0.2, 0.25) is 5.91 Å². The van der Waals surface area contributed by atoms with Crippen LogP contribution in [-0.4, -0.2) is 23.9 Å². The zero-order chi connectivity index (χ0) is 8.27. The van der Waals surface area contributed by atoms with Gasteiger partial charge in [-0.05, 0) is 19.3 Å². The Morgan fingerprint density at radius 2 is 2.36 bits per heavy atom. The quantitative estimate of drug-likeness (QED) is 0.592. The van der Waals surface area contributed by atoms with Gasteiger partial charge in [0.05, 0.1) is 0 Å². The van der Waals surface area contributed by atoms with E-state index in [0.29, 0.717) is 0 Å². The summed E-state index contributed by atoms with van der Waals surface area (Å²) in [6.45, 7) is 0. The summed E-state index contributed by atoms with van der Waals surface area (Å²) < 4.78 is 0. The number of carbonyl (C=O) groups is 1. The van der Waals surface area contributed by atoms with Crippen LogP contribution in [0.1, 0.15) is 19.3 Å². The second kappa shape index (κ2) is 3.93. The molecule has 0 aromatic rings. The molecule has 0 heterocycles. The average molecular weight is 177 g/mol. The van der Waals surface area contributed by atoms with Gasteiger partial charge in [-0.3, -0.25) is 4.79 Å². The third-order valence-electron chi connectivity index (χ3n) is 1.96. The normalized spacial score (nSPS) is 30.4. The van der Waals surface area contributed by atoms with E-state index in [4.69, 9.17) is 17.3 Å². The number of hydrogen-bond donors (Lipinski definition) is 2. The Morgan fingerprint density at radius 3 is 2.82 bits per heavy atom. The highest BCUT2D eigenvalue weighted by Gasteiger charge is 2.22. The lowest BCUT2D eigenvalue weighted by molar-refractivity contribution is -0.119. The summed E-state index contributed by atoms with van der Waals surface area (Å²) in [5, 5.41) is 2.81. The Balaban J connectivity index is 2.23. The molecule has 0 aliphatic heterocycles. The van der Waals surface area contributed by atoms with E-state index >= 15 is 0 Å². The largest absolute Gasteiger partial charge is 0.352 e. The van der Waals surface area contributed by atoms with Crippen LogP contribution in [0.3, 0.4) is 0 Å². The molecule has 0 bridgehead atoms. The summed E-state index contributed by atoms with van der Waals surface area (Å²) >= 11 is 5.32. The van der Waals surface area contributed by atoms with Crippen LogP contribution in [0.4, 0.5) is 0 Å². The topological polar surface area (TPSA) is 55.1 Å². The maximum Gasteiger partial charge on any atom is 0.235 e. The molecule has 0 unspecified atom stereocenters. The Hall–Kier alpha value is -0.280. The van der Waals surface area contributed by atoms with Crippen molar-refractivity contribution in [3.63, 3.8) is 0 Å². The van der Waals surface area contributed by atoms with Crippen LogP contribution in [0, 0.1) is 0 Å². The van der Waals surface area contributed by atoms with Gasteiger partial charge in [-0.1, -0.05) is 0 Å². The van der Waals surface area contributed by atoms with Gasteiger partial charge in [-0.25, -0.2) is 0 Å². The molecule has 0 aromatic carbocycles. The molecule has 2 atom stereocenters. The molecule has 0 saturated heterocycles. The lowest BCUT2D eigenvalue weighted by atomic mass is 10.2. The van der Waals surface area contributed by atoms with Crippen molar-refractivity contribution in [3.05, 3.63) is 0 Å². The monoisotopic (exact) mass is 176 g/mol. The zero-order valence-electron chi connectivity index (χ0n) is 6.35. The Kier molecular flexibility index (Phi) is 3.15. The van der Waals surface area contributed by atoms with Gasteiger partial charge in [0.1, 0.15) is 5.88 Å². The molecule has 1 fully saturated rings. The molecule has 3 nitrogen and oxygen atoms in total. The Labute approximate surface area is 71.3 Å². The number of nitrogens with one attached hydrogen (secondary N) is 1. The molecule has 11 heavy (non-hydrogen) atoms. The van der Waals surface area contributed by atoms with Crippen LogP contribution in [0.25, 0.3) is 0 Å². The van der Waals surface area contributed by atoms with Crippen molar-refractivity contribution >= 4 is 17.5 Å². The van der Waals surface area contributed by atoms with E-state index in [0.717, 1.165) is 19.3 Å². The summed E-state index contributed by atoms with van der Waals surface area (Å²) in [5.41, 5.74) is 5.66. The second-order valence-electron chi connectivity index (χ2n) is 2.97. The van der Waals surface area contributed by atoms with Crippen molar-refractivity contribution in [1.29, 1.82) is 0 Å². The second-order valence-corrected chi connectivity index (χ2v) is 3.24. The van der Waals surface area contributed by atoms with Crippen molar-refractivity contribution in [2.75, 3.05) is 5.88 Å². The van der Waals surface area contributed by atoms with Gasteiger partial charge in [-0.2, -0.15) is 0 Å². The summed E-state index contributed by atoms with van der Waals surface area (Å²) in [5.74, 6) is -0.0445. The van der Waals surface area contributed by atoms with E-state index in [2.05, 4.69) is 5.32 Å². The Bertz CT molecular complexity index is 151. The standard InChI is InChI=1S/C7H13ClN2O/c8-4-7(11)10-6-2-1-5(9)3-6/h5-6H,1-4,9H2,(H,10,11)/t5-,6+/m1/s1. The van der Waals surface area contributed by atoms with Crippen LogP contribution in [0.15, 0.2) is 0 Å². The maximum atomic E-state index is 10.8. The van der Waals surface area contributed by atoms with Crippen LogP contribution >= 0.6 is 11.6 Å². The van der Waals surface area contributed by atoms with E-state index in [9.17, 15) is 4.79 Å². The highest BCUT2D eigenvalue weighted by atomic mass is 35.5. The third-order valence-corrected chi connectivity index (χ3v) is 2.20. The van der Waals surface area contributed by atoms with Crippen molar-refractivity contribution in [3.8, 4) is 0 Å². The van der Waals surface area contributed by atoms with Crippen LogP contribution in [0.2, 0.25) is 0 Å². The molecule has 1 aliphatic rings. The van der Waals surface area contributed by atoms with Crippen LogP contribution < -0.4 is 11.1 Å². The average Bonchev–Trinajstić information content (AvgIpc) is 2.35. The van der Waals surface area contributed by atoms with Gasteiger partial charge in [-0.15, -0.1) is 11.6 Å². The smallest absolute Gasteiger partial charge is 0.235 e. The van der Waals surface area contributed by atoms with Gasteiger partial charge in [0, 0.05) is 12.1 Å². The Morgan fingerprint density at radius 1 is 1.64 bits per heavy atom. The van der Waals surface area contributed by atoms with E-state index < -0.39 is 0 Å². The molecule has 3 N–H and O–H groups in total. The molecule has 1 amide bonds. The minimum atomic E-state index is -0.0919. The first-order valence-corrected chi connectivity index (χ1v) is 4.36. The molecular weight excluding hydrogens is 164 g/mol. The molecule has 0 aromatic heterocycles. The minimum Gasteiger partial charge on any atom is -0.352 e. The predicted octanol–water partition coefficient (Wildman–Crippen LogP) is 0.221. The summed E-state index contributed by atoms with van der Waals surface area (Å²) in [4.78, 5) is 10.8. The van der Waals surface area contributed by atoms with Crippen molar-refractivity contribution in [2.45, 2.75) is 31.3 Å². The van der Waals surface area contributed by atoms with E-state index in [1.807, 2.05) is 0 Å².